The summed E-state index contributed by atoms with van der Waals surface area (Å²) in [6.07, 6.45) is -0.291. The van der Waals surface area contributed by atoms with Gasteiger partial charge in [0.25, 0.3) is 0 Å². The number of hydrogen-bond acceptors (Lipinski definition) is 5. The molecule has 0 spiro atoms. The number of methoxy groups -OCH3 is 1. The summed E-state index contributed by atoms with van der Waals surface area (Å²) >= 11 is 0. The summed E-state index contributed by atoms with van der Waals surface area (Å²) in [6.45, 7) is 1.39. The van der Waals surface area contributed by atoms with E-state index in [1.807, 2.05) is 4.72 Å². The molecular weight excluding hydrogens is 238 g/mol. The largest absolute Gasteiger partial charge is 0.480 e. The summed E-state index contributed by atoms with van der Waals surface area (Å²) in [5.74, 6) is -2.11. The highest BCUT2D eigenvalue weighted by Gasteiger charge is 2.23. The first-order valence-electron chi connectivity index (χ1n) is 4.62. The Morgan fingerprint density at radius 1 is 1.44 bits per heavy atom. The summed E-state index contributed by atoms with van der Waals surface area (Å²) in [7, 11) is -2.43. The maximum Gasteiger partial charge on any atom is 0.321 e. The molecular formula is C8H15NO6S. The average molecular weight is 253 g/mol. The van der Waals surface area contributed by atoms with Crippen LogP contribution in [0.4, 0.5) is 0 Å². The third kappa shape index (κ3) is 5.66. The standard InChI is InChI=1S/C8H15NO6S/c1-3-16(13,14)9-6(8(11)12)4-5-7(10)15-2/h6,9H,3-5H2,1-2H3,(H,11,12)/t6-/m1/s1. The van der Waals surface area contributed by atoms with Gasteiger partial charge in [0, 0.05) is 6.42 Å². The van der Waals surface area contributed by atoms with E-state index in [0.29, 0.717) is 0 Å². The van der Waals surface area contributed by atoms with E-state index in [-0.39, 0.29) is 18.6 Å². The number of esters is 1. The second kappa shape index (κ2) is 6.44. The Balaban J connectivity index is 4.41. The van der Waals surface area contributed by atoms with Crippen LogP contribution in [0.5, 0.6) is 0 Å². The van der Waals surface area contributed by atoms with Crippen LogP contribution in [0.2, 0.25) is 0 Å². The zero-order valence-corrected chi connectivity index (χ0v) is 9.91. The number of sulfonamides is 1. The molecule has 0 bridgehead atoms. The molecule has 0 saturated heterocycles. The number of carboxylic acid groups (broad SMARTS) is 1. The van der Waals surface area contributed by atoms with E-state index in [9.17, 15) is 18.0 Å². The smallest absolute Gasteiger partial charge is 0.321 e. The van der Waals surface area contributed by atoms with Crippen molar-refractivity contribution in [3.8, 4) is 0 Å². The van der Waals surface area contributed by atoms with Gasteiger partial charge in [0.05, 0.1) is 12.9 Å². The van der Waals surface area contributed by atoms with Gasteiger partial charge in [-0.2, -0.15) is 0 Å². The van der Waals surface area contributed by atoms with Gasteiger partial charge in [-0.15, -0.1) is 0 Å². The molecule has 16 heavy (non-hydrogen) atoms. The Morgan fingerprint density at radius 2 is 2.00 bits per heavy atom. The average Bonchev–Trinajstić information content (AvgIpc) is 2.23. The second-order valence-electron chi connectivity index (χ2n) is 3.03. The van der Waals surface area contributed by atoms with E-state index in [1.54, 1.807) is 0 Å². The first-order chi connectivity index (χ1) is 7.32. The first kappa shape index (κ1) is 14.8. The molecule has 0 amide bonds. The number of rotatable bonds is 7. The van der Waals surface area contributed by atoms with E-state index in [2.05, 4.69) is 4.74 Å². The molecule has 0 heterocycles. The lowest BCUT2D eigenvalue weighted by Crippen LogP contribution is -2.41. The van der Waals surface area contributed by atoms with E-state index >= 15 is 0 Å². The molecule has 94 valence electrons. The fourth-order valence-electron chi connectivity index (χ4n) is 0.897. The summed E-state index contributed by atoms with van der Waals surface area (Å²) in [4.78, 5) is 21.5. The summed E-state index contributed by atoms with van der Waals surface area (Å²) in [6, 6.07) is -1.30. The molecule has 0 aliphatic heterocycles. The SMILES string of the molecule is CCS(=O)(=O)N[C@H](CCC(=O)OC)C(=O)O. The highest BCUT2D eigenvalue weighted by Crippen LogP contribution is 2.01. The van der Waals surface area contributed by atoms with Crippen LogP contribution < -0.4 is 4.72 Å². The summed E-state index contributed by atoms with van der Waals surface area (Å²) in [5.41, 5.74) is 0. The number of nitrogens with one attached hydrogen (secondary N) is 1. The predicted molar refractivity (Wildman–Crippen MR) is 55.3 cm³/mol. The molecule has 8 heteroatoms. The monoisotopic (exact) mass is 253 g/mol. The maximum absolute atomic E-state index is 11.1. The van der Waals surface area contributed by atoms with Crippen molar-refractivity contribution in [3.63, 3.8) is 0 Å². The van der Waals surface area contributed by atoms with Gasteiger partial charge >= 0.3 is 11.9 Å². The van der Waals surface area contributed by atoms with E-state index in [0.717, 1.165) is 0 Å². The van der Waals surface area contributed by atoms with Crippen LogP contribution in [0, 0.1) is 0 Å². The number of carbonyl (C=O) groups is 2. The van der Waals surface area contributed by atoms with Crippen LogP contribution in [-0.4, -0.2) is 44.4 Å². The third-order valence-electron chi connectivity index (χ3n) is 1.86. The van der Waals surface area contributed by atoms with Crippen molar-refractivity contribution < 1.29 is 27.9 Å². The van der Waals surface area contributed by atoms with Gasteiger partial charge in [-0.3, -0.25) is 9.59 Å². The molecule has 0 aromatic rings. The fraction of sp³-hybridized carbons (Fsp3) is 0.750. The van der Waals surface area contributed by atoms with Gasteiger partial charge in [-0.05, 0) is 13.3 Å². The maximum atomic E-state index is 11.1. The van der Waals surface area contributed by atoms with Gasteiger partial charge in [0.2, 0.25) is 10.0 Å². The van der Waals surface area contributed by atoms with Crippen molar-refractivity contribution in [1.82, 2.24) is 4.72 Å². The van der Waals surface area contributed by atoms with Crippen molar-refractivity contribution in [2.75, 3.05) is 12.9 Å². The molecule has 0 fully saturated rings. The van der Waals surface area contributed by atoms with Crippen molar-refractivity contribution in [2.24, 2.45) is 0 Å². The van der Waals surface area contributed by atoms with Crippen molar-refractivity contribution in [3.05, 3.63) is 0 Å². The molecule has 0 radical (unpaired) electrons. The topological polar surface area (TPSA) is 110 Å². The lowest BCUT2D eigenvalue weighted by Gasteiger charge is -2.12. The van der Waals surface area contributed by atoms with Crippen molar-refractivity contribution >= 4 is 22.0 Å². The van der Waals surface area contributed by atoms with Gasteiger partial charge in [-0.25, -0.2) is 13.1 Å². The molecule has 7 nitrogen and oxygen atoms in total. The fourth-order valence-corrected chi connectivity index (χ4v) is 1.72. The van der Waals surface area contributed by atoms with Gasteiger partial charge in [0.1, 0.15) is 6.04 Å². The molecule has 0 aliphatic carbocycles. The predicted octanol–water partition coefficient (Wildman–Crippen LogP) is -0.668. The van der Waals surface area contributed by atoms with Crippen molar-refractivity contribution in [2.45, 2.75) is 25.8 Å². The Hall–Kier alpha value is -1.15. The lowest BCUT2D eigenvalue weighted by molar-refractivity contribution is -0.142. The minimum Gasteiger partial charge on any atom is -0.480 e. The minimum atomic E-state index is -3.60. The highest BCUT2D eigenvalue weighted by molar-refractivity contribution is 7.89. The third-order valence-corrected chi connectivity index (χ3v) is 3.27. The number of aliphatic carboxylic acids is 1. The number of ether oxygens (including phenoxy) is 1. The van der Waals surface area contributed by atoms with Gasteiger partial charge in [0.15, 0.2) is 0 Å². The first-order valence-corrected chi connectivity index (χ1v) is 6.27. The molecule has 1 atom stereocenters. The number of carboxylic acids is 1. The zero-order chi connectivity index (χ0) is 12.8. The van der Waals surface area contributed by atoms with E-state index in [1.165, 1.54) is 14.0 Å². The Labute approximate surface area is 93.8 Å². The Bertz CT molecular complexity index is 350. The van der Waals surface area contributed by atoms with Crippen LogP contribution in [0.15, 0.2) is 0 Å². The molecule has 0 aromatic carbocycles. The Morgan fingerprint density at radius 3 is 2.38 bits per heavy atom. The number of hydrogen-bond donors (Lipinski definition) is 2. The molecule has 0 aromatic heterocycles. The quantitative estimate of drug-likeness (QED) is 0.582. The molecule has 2 N–H and O–H groups in total. The lowest BCUT2D eigenvalue weighted by atomic mass is 10.2. The molecule has 0 aliphatic rings. The van der Waals surface area contributed by atoms with Crippen LogP contribution in [0.1, 0.15) is 19.8 Å². The minimum absolute atomic E-state index is 0.138. The van der Waals surface area contributed by atoms with Crippen LogP contribution >= 0.6 is 0 Å². The van der Waals surface area contributed by atoms with Gasteiger partial charge in [-0.1, -0.05) is 0 Å². The van der Waals surface area contributed by atoms with E-state index < -0.39 is 28.0 Å². The number of carbonyl (C=O) groups excluding carboxylic acids is 1. The van der Waals surface area contributed by atoms with Gasteiger partial charge < -0.3 is 9.84 Å². The summed E-state index contributed by atoms with van der Waals surface area (Å²) < 4.78 is 28.6. The van der Waals surface area contributed by atoms with Crippen LogP contribution in [0.3, 0.4) is 0 Å². The van der Waals surface area contributed by atoms with Crippen LogP contribution in [0.25, 0.3) is 0 Å². The molecule has 0 rings (SSSR count). The zero-order valence-electron chi connectivity index (χ0n) is 9.10. The highest BCUT2D eigenvalue weighted by atomic mass is 32.2. The summed E-state index contributed by atoms with van der Waals surface area (Å²) in [5, 5.41) is 8.74. The normalized spacial score (nSPS) is 13.1. The van der Waals surface area contributed by atoms with Crippen molar-refractivity contribution in [1.29, 1.82) is 0 Å². The van der Waals surface area contributed by atoms with Crippen LogP contribution in [-0.2, 0) is 24.3 Å². The molecule has 0 saturated carbocycles. The second-order valence-corrected chi connectivity index (χ2v) is 5.07. The molecule has 0 unspecified atom stereocenters. The van der Waals surface area contributed by atoms with E-state index in [4.69, 9.17) is 5.11 Å². The Kier molecular flexibility index (Phi) is 5.97.